The second-order valence-electron chi connectivity index (χ2n) is 6.76. The summed E-state index contributed by atoms with van der Waals surface area (Å²) >= 11 is 0. The van der Waals surface area contributed by atoms with E-state index in [0.29, 0.717) is 0 Å². The van der Waals surface area contributed by atoms with Crippen molar-refractivity contribution in [3.05, 3.63) is 53.6 Å². The Morgan fingerprint density at radius 2 is 1.64 bits per heavy atom. The smallest absolute Gasteiger partial charge is 0.161 e. The Balaban J connectivity index is 1.71. The van der Waals surface area contributed by atoms with Crippen LogP contribution in [0.2, 0.25) is 0 Å². The van der Waals surface area contributed by atoms with Crippen LogP contribution in [0.1, 0.15) is 17.2 Å². The van der Waals surface area contributed by atoms with E-state index in [1.165, 1.54) is 11.1 Å². The third kappa shape index (κ3) is 5.16. The van der Waals surface area contributed by atoms with Crippen molar-refractivity contribution in [3.8, 4) is 17.2 Å². The highest BCUT2D eigenvalue weighted by Crippen LogP contribution is 2.32. The lowest BCUT2D eigenvalue weighted by molar-refractivity contribution is 0.0160. The van der Waals surface area contributed by atoms with Crippen molar-refractivity contribution in [1.29, 1.82) is 0 Å². The van der Waals surface area contributed by atoms with Gasteiger partial charge in [0.2, 0.25) is 0 Å². The molecule has 1 aliphatic heterocycles. The zero-order valence-corrected chi connectivity index (χ0v) is 16.9. The predicted octanol–water partition coefficient (Wildman–Crippen LogP) is 2.88. The van der Waals surface area contributed by atoms with Gasteiger partial charge in [0.05, 0.1) is 34.5 Å². The predicted molar refractivity (Wildman–Crippen MR) is 109 cm³/mol. The number of ether oxygens (including phenoxy) is 4. The maximum Gasteiger partial charge on any atom is 0.161 e. The van der Waals surface area contributed by atoms with E-state index in [0.717, 1.165) is 56.6 Å². The van der Waals surface area contributed by atoms with Crippen molar-refractivity contribution in [1.82, 2.24) is 10.2 Å². The topological polar surface area (TPSA) is 52.2 Å². The van der Waals surface area contributed by atoms with Crippen LogP contribution in [0.15, 0.2) is 42.5 Å². The molecule has 0 radical (unpaired) electrons. The molecule has 152 valence electrons. The second-order valence-corrected chi connectivity index (χ2v) is 6.76. The molecule has 0 aromatic heterocycles. The average molecular weight is 386 g/mol. The minimum atomic E-state index is 0.238. The summed E-state index contributed by atoms with van der Waals surface area (Å²) in [5, 5.41) is 3.61. The lowest BCUT2D eigenvalue weighted by Gasteiger charge is -2.35. The molecule has 1 N–H and O–H groups in total. The van der Waals surface area contributed by atoms with E-state index >= 15 is 0 Å². The van der Waals surface area contributed by atoms with E-state index in [2.05, 4.69) is 34.5 Å². The fourth-order valence-electron chi connectivity index (χ4n) is 3.50. The summed E-state index contributed by atoms with van der Waals surface area (Å²) in [5.41, 5.74) is 2.44. The van der Waals surface area contributed by atoms with Crippen LogP contribution < -0.4 is 19.5 Å². The van der Waals surface area contributed by atoms with E-state index in [9.17, 15) is 0 Å². The molecule has 6 heteroatoms. The van der Waals surface area contributed by atoms with Gasteiger partial charge in [0.25, 0.3) is 0 Å². The Morgan fingerprint density at radius 1 is 0.929 bits per heavy atom. The standard InChI is InChI=1S/C22H30N2O4/c1-25-19-7-4-17(5-8-19)15-23-16-20(24-10-12-28-13-11-24)18-6-9-21(26-2)22(14-18)27-3/h4-9,14,20,23H,10-13,15-16H2,1-3H3. The Bertz CT molecular complexity index is 730. The largest absolute Gasteiger partial charge is 0.497 e. The molecule has 2 aromatic carbocycles. The van der Waals surface area contributed by atoms with Crippen LogP contribution in [0.3, 0.4) is 0 Å². The monoisotopic (exact) mass is 386 g/mol. The Labute approximate surface area is 167 Å². The molecule has 1 saturated heterocycles. The molecule has 28 heavy (non-hydrogen) atoms. The van der Waals surface area contributed by atoms with Gasteiger partial charge in [0, 0.05) is 32.2 Å². The number of hydrogen-bond donors (Lipinski definition) is 1. The van der Waals surface area contributed by atoms with Gasteiger partial charge in [0.15, 0.2) is 11.5 Å². The van der Waals surface area contributed by atoms with Crippen molar-refractivity contribution >= 4 is 0 Å². The molecule has 2 aromatic rings. The Morgan fingerprint density at radius 3 is 2.29 bits per heavy atom. The minimum absolute atomic E-state index is 0.238. The fourth-order valence-corrected chi connectivity index (χ4v) is 3.50. The van der Waals surface area contributed by atoms with Crippen LogP contribution >= 0.6 is 0 Å². The molecule has 1 heterocycles. The van der Waals surface area contributed by atoms with Crippen LogP contribution in [-0.2, 0) is 11.3 Å². The van der Waals surface area contributed by atoms with E-state index in [-0.39, 0.29) is 6.04 Å². The first-order valence-electron chi connectivity index (χ1n) is 9.62. The molecule has 0 saturated carbocycles. The summed E-state index contributed by atoms with van der Waals surface area (Å²) in [4.78, 5) is 2.46. The van der Waals surface area contributed by atoms with Crippen LogP contribution in [-0.4, -0.2) is 59.1 Å². The first-order chi connectivity index (χ1) is 13.7. The number of rotatable bonds is 9. The van der Waals surface area contributed by atoms with E-state index < -0.39 is 0 Å². The SMILES string of the molecule is COc1ccc(CNCC(c2ccc(OC)c(OC)c2)N2CCOCC2)cc1. The van der Waals surface area contributed by atoms with Crippen molar-refractivity contribution in [2.75, 3.05) is 54.2 Å². The Kier molecular flexibility index (Phi) is 7.54. The summed E-state index contributed by atoms with van der Waals surface area (Å²) in [6.07, 6.45) is 0. The summed E-state index contributed by atoms with van der Waals surface area (Å²) in [5.74, 6) is 2.38. The van der Waals surface area contributed by atoms with Crippen LogP contribution in [0.5, 0.6) is 17.2 Å². The van der Waals surface area contributed by atoms with E-state index in [1.807, 2.05) is 18.2 Å². The summed E-state index contributed by atoms with van der Waals surface area (Å²) in [6, 6.07) is 14.6. The quantitative estimate of drug-likeness (QED) is 0.715. The highest BCUT2D eigenvalue weighted by atomic mass is 16.5. The number of hydrogen-bond acceptors (Lipinski definition) is 6. The van der Waals surface area contributed by atoms with Crippen LogP contribution in [0.25, 0.3) is 0 Å². The highest BCUT2D eigenvalue weighted by Gasteiger charge is 2.23. The number of nitrogens with zero attached hydrogens (tertiary/aromatic N) is 1. The number of nitrogens with one attached hydrogen (secondary N) is 1. The number of benzene rings is 2. The van der Waals surface area contributed by atoms with Crippen molar-refractivity contribution < 1.29 is 18.9 Å². The highest BCUT2D eigenvalue weighted by molar-refractivity contribution is 5.44. The third-order valence-electron chi connectivity index (χ3n) is 5.10. The molecular weight excluding hydrogens is 356 g/mol. The van der Waals surface area contributed by atoms with Gasteiger partial charge >= 0.3 is 0 Å². The van der Waals surface area contributed by atoms with Gasteiger partial charge in [-0.05, 0) is 35.4 Å². The van der Waals surface area contributed by atoms with E-state index in [4.69, 9.17) is 18.9 Å². The van der Waals surface area contributed by atoms with Gasteiger partial charge < -0.3 is 24.3 Å². The first-order valence-corrected chi connectivity index (χ1v) is 9.62. The average Bonchev–Trinajstić information content (AvgIpc) is 2.77. The molecule has 0 spiro atoms. The molecule has 1 unspecified atom stereocenters. The normalized spacial score (nSPS) is 15.8. The van der Waals surface area contributed by atoms with Gasteiger partial charge in [0.1, 0.15) is 5.75 Å². The fraction of sp³-hybridized carbons (Fsp3) is 0.455. The number of methoxy groups -OCH3 is 3. The lowest BCUT2D eigenvalue weighted by atomic mass is 10.0. The van der Waals surface area contributed by atoms with Gasteiger partial charge in [-0.25, -0.2) is 0 Å². The van der Waals surface area contributed by atoms with Gasteiger partial charge in [-0.15, -0.1) is 0 Å². The minimum Gasteiger partial charge on any atom is -0.497 e. The molecule has 1 aliphatic rings. The molecule has 6 nitrogen and oxygen atoms in total. The summed E-state index contributed by atoms with van der Waals surface area (Å²) in [7, 11) is 5.02. The Hall–Kier alpha value is -2.28. The third-order valence-corrected chi connectivity index (χ3v) is 5.10. The maximum absolute atomic E-state index is 5.54. The van der Waals surface area contributed by atoms with E-state index in [1.54, 1.807) is 21.3 Å². The summed E-state index contributed by atoms with van der Waals surface area (Å²) < 4.78 is 21.7. The molecule has 1 atom stereocenters. The van der Waals surface area contributed by atoms with Crippen molar-refractivity contribution in [2.45, 2.75) is 12.6 Å². The maximum atomic E-state index is 5.54. The van der Waals surface area contributed by atoms with Gasteiger partial charge in [-0.2, -0.15) is 0 Å². The lowest BCUT2D eigenvalue weighted by Crippen LogP contribution is -2.42. The molecule has 0 aliphatic carbocycles. The molecular formula is C22H30N2O4. The molecule has 1 fully saturated rings. The zero-order chi connectivity index (χ0) is 19.8. The second kappa shape index (κ2) is 10.3. The van der Waals surface area contributed by atoms with Crippen molar-refractivity contribution in [2.24, 2.45) is 0 Å². The van der Waals surface area contributed by atoms with Crippen LogP contribution in [0.4, 0.5) is 0 Å². The molecule has 3 rings (SSSR count). The van der Waals surface area contributed by atoms with Gasteiger partial charge in [-0.1, -0.05) is 18.2 Å². The molecule has 0 bridgehead atoms. The van der Waals surface area contributed by atoms with Gasteiger partial charge in [-0.3, -0.25) is 4.90 Å². The molecule has 0 amide bonds. The zero-order valence-electron chi connectivity index (χ0n) is 16.9. The first kappa shape index (κ1) is 20.5. The van der Waals surface area contributed by atoms with Crippen molar-refractivity contribution in [3.63, 3.8) is 0 Å². The summed E-state index contributed by atoms with van der Waals surface area (Å²) in [6.45, 7) is 5.01. The van der Waals surface area contributed by atoms with Crippen LogP contribution in [0, 0.1) is 0 Å². The number of morpholine rings is 1.